The summed E-state index contributed by atoms with van der Waals surface area (Å²) in [6, 6.07) is 0. The summed E-state index contributed by atoms with van der Waals surface area (Å²) in [5.41, 5.74) is 0. The number of rotatable bonds is 0. The summed E-state index contributed by atoms with van der Waals surface area (Å²) in [6.45, 7) is 11.4. The van der Waals surface area contributed by atoms with E-state index in [1.807, 2.05) is 0 Å². The standard InChI is InChI=1S/2C3H7NO.2C3H8/c2*1-3(5)4-2;2*1-3-2/h2*1-2H3,(H,4,5);2*3H2,1-2H3. The predicted molar refractivity (Wildman–Crippen MR) is 71.4 cm³/mol. The molecule has 0 atom stereocenters. The fraction of sp³-hybridized carbons (Fsp3) is 0.833. The minimum absolute atomic E-state index is 0.00463. The van der Waals surface area contributed by atoms with E-state index in [1.54, 1.807) is 14.1 Å². The molecular weight excluding hydrogens is 204 g/mol. The molecule has 0 spiro atoms. The highest BCUT2D eigenvalue weighted by Crippen LogP contribution is 1.56. The van der Waals surface area contributed by atoms with Crippen molar-refractivity contribution in [2.45, 2.75) is 54.4 Å². The average Bonchev–Trinajstić information content (AvgIpc) is 2.21. The van der Waals surface area contributed by atoms with Crippen LogP contribution in [-0.4, -0.2) is 25.9 Å². The van der Waals surface area contributed by atoms with E-state index in [1.165, 1.54) is 26.7 Å². The lowest BCUT2D eigenvalue weighted by molar-refractivity contribution is -0.119. The van der Waals surface area contributed by atoms with Crippen LogP contribution in [-0.2, 0) is 9.59 Å². The molecule has 4 nitrogen and oxygen atoms in total. The number of carbonyl (C=O) groups excluding carboxylic acids is 2. The van der Waals surface area contributed by atoms with Crippen LogP contribution in [0.4, 0.5) is 0 Å². The van der Waals surface area contributed by atoms with Gasteiger partial charge in [-0.05, 0) is 0 Å². The van der Waals surface area contributed by atoms with Gasteiger partial charge in [-0.2, -0.15) is 0 Å². The van der Waals surface area contributed by atoms with Crippen molar-refractivity contribution in [1.29, 1.82) is 0 Å². The van der Waals surface area contributed by atoms with Crippen molar-refractivity contribution >= 4 is 11.8 Å². The minimum Gasteiger partial charge on any atom is -0.359 e. The van der Waals surface area contributed by atoms with Gasteiger partial charge in [0.15, 0.2) is 0 Å². The van der Waals surface area contributed by atoms with Gasteiger partial charge in [-0.1, -0.05) is 40.5 Å². The maximum atomic E-state index is 9.70. The molecule has 0 saturated heterocycles. The summed E-state index contributed by atoms with van der Waals surface area (Å²) in [5, 5.41) is 4.78. The lowest BCUT2D eigenvalue weighted by Gasteiger charge is -1.80. The van der Waals surface area contributed by atoms with Crippen LogP contribution in [0.15, 0.2) is 0 Å². The molecule has 2 N–H and O–H groups in total. The third kappa shape index (κ3) is 213. The van der Waals surface area contributed by atoms with Crippen LogP contribution in [0.3, 0.4) is 0 Å². The van der Waals surface area contributed by atoms with Gasteiger partial charge in [-0.25, -0.2) is 0 Å². The van der Waals surface area contributed by atoms with Crippen molar-refractivity contribution in [1.82, 2.24) is 10.6 Å². The number of carbonyl (C=O) groups is 2. The molecule has 0 heterocycles. The Labute approximate surface area is 101 Å². The first-order valence-electron chi connectivity index (χ1n) is 5.74. The highest BCUT2D eigenvalue weighted by molar-refractivity contribution is 5.72. The topological polar surface area (TPSA) is 58.2 Å². The molecule has 100 valence electrons. The SMILES string of the molecule is CCC.CCC.CNC(C)=O.CNC(C)=O. The van der Waals surface area contributed by atoms with Gasteiger partial charge in [0.05, 0.1) is 0 Å². The molecule has 0 rings (SSSR count). The zero-order valence-electron chi connectivity index (χ0n) is 12.2. The average molecular weight is 234 g/mol. The second-order valence-corrected chi connectivity index (χ2v) is 3.03. The van der Waals surface area contributed by atoms with Crippen molar-refractivity contribution in [2.24, 2.45) is 0 Å². The molecule has 4 heteroatoms. The molecule has 0 aromatic carbocycles. The first-order chi connectivity index (χ1) is 7.37. The Morgan fingerprint density at radius 2 is 0.812 bits per heavy atom. The van der Waals surface area contributed by atoms with Gasteiger partial charge in [-0.15, -0.1) is 0 Å². The summed E-state index contributed by atoms with van der Waals surface area (Å²) in [4.78, 5) is 19.4. The Hall–Kier alpha value is -1.06. The summed E-state index contributed by atoms with van der Waals surface area (Å²) < 4.78 is 0. The maximum Gasteiger partial charge on any atom is 0.216 e. The molecule has 0 bridgehead atoms. The van der Waals surface area contributed by atoms with Crippen molar-refractivity contribution in [3.8, 4) is 0 Å². The molecule has 0 aliphatic rings. The third-order valence-corrected chi connectivity index (χ3v) is 0.704. The molecule has 16 heavy (non-hydrogen) atoms. The summed E-state index contributed by atoms with van der Waals surface area (Å²) in [7, 11) is 3.20. The van der Waals surface area contributed by atoms with Gasteiger partial charge in [0.2, 0.25) is 11.8 Å². The van der Waals surface area contributed by atoms with Gasteiger partial charge in [0.25, 0.3) is 0 Å². The molecule has 0 radical (unpaired) electrons. The summed E-state index contributed by atoms with van der Waals surface area (Å²) >= 11 is 0. The van der Waals surface area contributed by atoms with Gasteiger partial charge >= 0.3 is 0 Å². The van der Waals surface area contributed by atoms with E-state index in [0.29, 0.717) is 0 Å². The van der Waals surface area contributed by atoms with Crippen molar-refractivity contribution in [3.05, 3.63) is 0 Å². The van der Waals surface area contributed by atoms with Crippen molar-refractivity contribution in [3.63, 3.8) is 0 Å². The lowest BCUT2D eigenvalue weighted by Crippen LogP contribution is -2.11. The lowest BCUT2D eigenvalue weighted by atomic mass is 10.6. The van der Waals surface area contributed by atoms with E-state index in [4.69, 9.17) is 0 Å². The fourth-order valence-electron chi connectivity index (χ4n) is 0. The predicted octanol–water partition coefficient (Wildman–Crippen LogP) is 2.34. The smallest absolute Gasteiger partial charge is 0.216 e. The number of nitrogens with one attached hydrogen (secondary N) is 2. The summed E-state index contributed by atoms with van der Waals surface area (Å²) in [5.74, 6) is 0.00926. The maximum absolute atomic E-state index is 9.70. The Balaban J connectivity index is -0.0000000621. The van der Waals surface area contributed by atoms with Crippen LogP contribution in [0.25, 0.3) is 0 Å². The molecule has 0 fully saturated rings. The van der Waals surface area contributed by atoms with Gasteiger partial charge in [0.1, 0.15) is 0 Å². The number of hydrogen-bond acceptors (Lipinski definition) is 2. The van der Waals surface area contributed by atoms with Crippen molar-refractivity contribution in [2.75, 3.05) is 14.1 Å². The monoisotopic (exact) mass is 234 g/mol. The first-order valence-corrected chi connectivity index (χ1v) is 5.74. The Bertz CT molecular complexity index is 121. The van der Waals surface area contributed by atoms with Gasteiger partial charge in [-0.3, -0.25) is 9.59 Å². The van der Waals surface area contributed by atoms with Crippen LogP contribution in [0.5, 0.6) is 0 Å². The normalized spacial score (nSPS) is 6.50. The van der Waals surface area contributed by atoms with E-state index >= 15 is 0 Å². The van der Waals surface area contributed by atoms with Crippen LogP contribution < -0.4 is 10.6 Å². The zero-order valence-corrected chi connectivity index (χ0v) is 12.2. The van der Waals surface area contributed by atoms with E-state index in [0.717, 1.165) is 0 Å². The third-order valence-electron chi connectivity index (χ3n) is 0.704. The quantitative estimate of drug-likeness (QED) is 0.676. The Morgan fingerprint density at radius 3 is 0.812 bits per heavy atom. The van der Waals surface area contributed by atoms with Crippen molar-refractivity contribution < 1.29 is 9.59 Å². The molecule has 0 aliphatic heterocycles. The highest BCUT2D eigenvalue weighted by Gasteiger charge is 1.73. The zero-order chi connectivity index (χ0) is 14.0. The second-order valence-electron chi connectivity index (χ2n) is 3.03. The first kappa shape index (κ1) is 24.3. The molecule has 0 unspecified atom stereocenters. The molecular formula is C12H30N2O2. The molecule has 0 aromatic heterocycles. The fourth-order valence-corrected chi connectivity index (χ4v) is 0. The van der Waals surface area contributed by atoms with Crippen LogP contribution >= 0.6 is 0 Å². The second kappa shape index (κ2) is 29.2. The molecule has 2 amide bonds. The number of hydrogen-bond donors (Lipinski definition) is 2. The van der Waals surface area contributed by atoms with E-state index < -0.39 is 0 Å². The van der Waals surface area contributed by atoms with Crippen LogP contribution in [0.2, 0.25) is 0 Å². The van der Waals surface area contributed by atoms with Crippen LogP contribution in [0, 0.1) is 0 Å². The largest absolute Gasteiger partial charge is 0.359 e. The Morgan fingerprint density at radius 1 is 0.750 bits per heavy atom. The van der Waals surface area contributed by atoms with Gasteiger partial charge in [0, 0.05) is 27.9 Å². The molecule has 0 aliphatic carbocycles. The van der Waals surface area contributed by atoms with E-state index in [2.05, 4.69) is 38.3 Å². The van der Waals surface area contributed by atoms with E-state index in [9.17, 15) is 9.59 Å². The summed E-state index contributed by atoms with van der Waals surface area (Å²) in [6.07, 6.45) is 2.50. The molecule has 0 saturated carbocycles. The number of amides is 2. The highest BCUT2D eigenvalue weighted by atomic mass is 16.1. The Kier molecular flexibility index (Phi) is 44.3. The minimum atomic E-state index is 0.00463. The van der Waals surface area contributed by atoms with Gasteiger partial charge < -0.3 is 10.6 Å². The van der Waals surface area contributed by atoms with E-state index in [-0.39, 0.29) is 11.8 Å². The van der Waals surface area contributed by atoms with Crippen LogP contribution in [0.1, 0.15) is 54.4 Å². The molecule has 0 aromatic rings.